The summed E-state index contributed by atoms with van der Waals surface area (Å²) in [6.45, 7) is 4.29. The van der Waals surface area contributed by atoms with Crippen molar-refractivity contribution in [3.63, 3.8) is 0 Å². The molecule has 0 fully saturated rings. The monoisotopic (exact) mass is 277 g/mol. The third-order valence-electron chi connectivity index (χ3n) is 3.37. The van der Waals surface area contributed by atoms with E-state index in [4.69, 9.17) is 4.74 Å². The van der Waals surface area contributed by atoms with Crippen molar-refractivity contribution in [2.24, 2.45) is 0 Å². The summed E-state index contributed by atoms with van der Waals surface area (Å²) in [5, 5.41) is 3.57. The smallest absolute Gasteiger partial charge is 0.135 e. The maximum absolute atomic E-state index is 5.75. The van der Waals surface area contributed by atoms with E-state index in [1.165, 1.54) is 5.56 Å². The van der Waals surface area contributed by atoms with Crippen LogP contribution in [0.15, 0.2) is 66.9 Å². The summed E-state index contributed by atoms with van der Waals surface area (Å²) in [5.74, 6) is 0.878. The lowest BCUT2D eigenvalue weighted by Crippen LogP contribution is -2.22. The van der Waals surface area contributed by atoms with Crippen LogP contribution in [0.25, 0.3) is 11.3 Å². The number of hydrogen-bond acceptors (Lipinski definition) is 2. The fourth-order valence-electron chi connectivity index (χ4n) is 2.48. The lowest BCUT2D eigenvalue weighted by Gasteiger charge is -2.18. The van der Waals surface area contributed by atoms with E-state index in [9.17, 15) is 0 Å². The minimum Gasteiger partial charge on any atom is -0.464 e. The summed E-state index contributed by atoms with van der Waals surface area (Å²) in [6, 6.07) is 18.9. The number of nitrogens with one attached hydrogen (secondary N) is 1. The van der Waals surface area contributed by atoms with Crippen LogP contribution >= 0.6 is 0 Å². The Hall–Kier alpha value is -2.48. The van der Waals surface area contributed by atoms with Crippen LogP contribution < -0.4 is 10.1 Å². The number of rotatable bonds is 3. The van der Waals surface area contributed by atoms with Crippen LogP contribution in [-0.2, 0) is 0 Å². The van der Waals surface area contributed by atoms with E-state index >= 15 is 0 Å². The molecule has 0 bridgehead atoms. The Balaban J connectivity index is 2.21. The van der Waals surface area contributed by atoms with Crippen molar-refractivity contribution in [2.45, 2.75) is 19.9 Å². The number of benzene rings is 2. The van der Waals surface area contributed by atoms with E-state index < -0.39 is 0 Å². The first-order valence-corrected chi connectivity index (χ1v) is 7.24. The topological polar surface area (TPSA) is 21.3 Å². The van der Waals surface area contributed by atoms with Gasteiger partial charge in [0.1, 0.15) is 5.75 Å². The highest BCUT2D eigenvalue weighted by Gasteiger charge is 2.17. The molecule has 1 aliphatic heterocycles. The van der Waals surface area contributed by atoms with Crippen LogP contribution in [0.4, 0.5) is 0 Å². The molecule has 0 radical (unpaired) electrons. The highest BCUT2D eigenvalue weighted by Crippen LogP contribution is 2.34. The van der Waals surface area contributed by atoms with Gasteiger partial charge in [-0.05, 0) is 37.6 Å². The molecule has 2 aromatic rings. The first kappa shape index (κ1) is 13.5. The van der Waals surface area contributed by atoms with Gasteiger partial charge in [-0.25, -0.2) is 0 Å². The molecule has 1 N–H and O–H groups in total. The van der Waals surface area contributed by atoms with Gasteiger partial charge in [0.2, 0.25) is 0 Å². The third-order valence-corrected chi connectivity index (χ3v) is 3.37. The van der Waals surface area contributed by atoms with Gasteiger partial charge in [-0.1, -0.05) is 42.5 Å². The van der Waals surface area contributed by atoms with Crippen molar-refractivity contribution < 1.29 is 4.74 Å². The normalized spacial score (nSPS) is 13.7. The zero-order chi connectivity index (χ0) is 14.7. The molecule has 2 nitrogen and oxygen atoms in total. The maximum Gasteiger partial charge on any atom is 0.135 e. The van der Waals surface area contributed by atoms with E-state index in [2.05, 4.69) is 49.5 Å². The predicted molar refractivity (Wildman–Crippen MR) is 87.7 cm³/mol. The summed E-state index contributed by atoms with van der Waals surface area (Å²) in [7, 11) is 0. The average Bonchev–Trinajstić information content (AvgIpc) is 2.68. The minimum atomic E-state index is 0.346. The minimum absolute atomic E-state index is 0.346. The quantitative estimate of drug-likeness (QED) is 0.894. The van der Waals surface area contributed by atoms with Gasteiger partial charge in [0, 0.05) is 17.2 Å². The van der Waals surface area contributed by atoms with Crippen molar-refractivity contribution in [3.05, 3.63) is 78.1 Å². The zero-order valence-corrected chi connectivity index (χ0v) is 12.3. The highest BCUT2D eigenvalue weighted by molar-refractivity contribution is 5.96. The van der Waals surface area contributed by atoms with Crippen molar-refractivity contribution in [3.8, 4) is 5.75 Å². The van der Waals surface area contributed by atoms with E-state index in [1.807, 2.05) is 30.3 Å². The molecule has 0 unspecified atom stereocenters. The first-order chi connectivity index (χ1) is 10.3. The number of allylic oxidation sites excluding steroid dienone is 2. The van der Waals surface area contributed by atoms with Crippen LogP contribution in [0.3, 0.4) is 0 Å². The summed E-state index contributed by atoms with van der Waals surface area (Å²) < 4.78 is 5.75. The van der Waals surface area contributed by atoms with Crippen molar-refractivity contribution >= 4 is 11.3 Å². The van der Waals surface area contributed by atoms with Gasteiger partial charge in [-0.3, -0.25) is 0 Å². The van der Waals surface area contributed by atoms with Crippen molar-refractivity contribution in [1.82, 2.24) is 5.32 Å². The molecule has 21 heavy (non-hydrogen) atoms. The number of ether oxygens (including phenoxy) is 1. The predicted octanol–water partition coefficient (Wildman–Crippen LogP) is 4.46. The molecule has 0 atom stereocenters. The van der Waals surface area contributed by atoms with Gasteiger partial charge in [-0.15, -0.1) is 0 Å². The molecule has 1 aliphatic rings. The summed E-state index contributed by atoms with van der Waals surface area (Å²) >= 11 is 0. The second kappa shape index (κ2) is 5.88. The van der Waals surface area contributed by atoms with E-state index in [0.29, 0.717) is 6.04 Å². The summed E-state index contributed by atoms with van der Waals surface area (Å²) in [4.78, 5) is 0. The van der Waals surface area contributed by atoms with E-state index in [1.54, 1.807) is 6.26 Å². The van der Waals surface area contributed by atoms with Gasteiger partial charge in [0.25, 0.3) is 0 Å². The van der Waals surface area contributed by atoms with Crippen LogP contribution in [0, 0.1) is 0 Å². The van der Waals surface area contributed by atoms with Crippen LogP contribution in [-0.4, -0.2) is 6.04 Å². The molecule has 0 saturated heterocycles. The molecule has 0 aromatic heterocycles. The van der Waals surface area contributed by atoms with Gasteiger partial charge in [-0.2, -0.15) is 0 Å². The molecule has 3 rings (SSSR count). The Bertz CT molecular complexity index is 684. The SMILES string of the molecule is CC(C)NC1=C(c2ccccc2)C=COc2ccccc21. The summed E-state index contributed by atoms with van der Waals surface area (Å²) in [5.41, 5.74) is 4.53. The number of hydrogen-bond donors (Lipinski definition) is 1. The Morgan fingerprint density at radius 1 is 0.905 bits per heavy atom. The molecule has 106 valence electrons. The second-order valence-corrected chi connectivity index (χ2v) is 5.37. The number of para-hydroxylation sites is 1. The van der Waals surface area contributed by atoms with E-state index in [-0.39, 0.29) is 0 Å². The fraction of sp³-hybridized carbons (Fsp3) is 0.158. The Morgan fingerprint density at radius 3 is 2.38 bits per heavy atom. The molecule has 1 heterocycles. The van der Waals surface area contributed by atoms with Gasteiger partial charge < -0.3 is 10.1 Å². The zero-order valence-electron chi connectivity index (χ0n) is 12.3. The van der Waals surface area contributed by atoms with Crippen LogP contribution in [0.5, 0.6) is 5.75 Å². The molecular weight excluding hydrogens is 258 g/mol. The molecule has 0 saturated carbocycles. The molecular formula is C19H19NO. The Morgan fingerprint density at radius 2 is 1.62 bits per heavy atom. The van der Waals surface area contributed by atoms with Crippen molar-refractivity contribution in [2.75, 3.05) is 0 Å². The maximum atomic E-state index is 5.75. The van der Waals surface area contributed by atoms with Gasteiger partial charge in [0.15, 0.2) is 0 Å². The molecule has 0 amide bonds. The standard InChI is InChI=1S/C19H19NO/c1-14(2)20-19-16(15-8-4-3-5-9-15)12-13-21-18-11-7-6-10-17(18)19/h3-14,20H,1-2H3. The average molecular weight is 277 g/mol. The van der Waals surface area contributed by atoms with Crippen molar-refractivity contribution in [1.29, 1.82) is 0 Å². The molecule has 0 aliphatic carbocycles. The third kappa shape index (κ3) is 2.84. The lowest BCUT2D eigenvalue weighted by atomic mass is 9.99. The van der Waals surface area contributed by atoms with Crippen LogP contribution in [0.1, 0.15) is 25.0 Å². The fourth-order valence-corrected chi connectivity index (χ4v) is 2.48. The van der Waals surface area contributed by atoms with Gasteiger partial charge >= 0.3 is 0 Å². The number of fused-ring (bicyclic) bond motifs is 1. The largest absolute Gasteiger partial charge is 0.464 e. The Labute approximate surface area is 125 Å². The highest BCUT2D eigenvalue weighted by atomic mass is 16.5. The van der Waals surface area contributed by atoms with Gasteiger partial charge in [0.05, 0.1) is 12.0 Å². The van der Waals surface area contributed by atoms with Crippen LogP contribution in [0.2, 0.25) is 0 Å². The molecule has 2 heteroatoms. The molecule has 0 spiro atoms. The summed E-state index contributed by atoms with van der Waals surface area (Å²) in [6.07, 6.45) is 3.79. The molecule has 2 aromatic carbocycles. The Kier molecular flexibility index (Phi) is 3.78. The second-order valence-electron chi connectivity index (χ2n) is 5.37. The van der Waals surface area contributed by atoms with E-state index in [0.717, 1.165) is 22.6 Å². The lowest BCUT2D eigenvalue weighted by molar-refractivity contribution is 0.480. The first-order valence-electron chi connectivity index (χ1n) is 7.24.